The lowest BCUT2D eigenvalue weighted by molar-refractivity contribution is -0.384. The van der Waals surface area contributed by atoms with Gasteiger partial charge in [-0.2, -0.15) is 5.10 Å². The Labute approximate surface area is 154 Å². The molecule has 0 aliphatic carbocycles. The second-order valence-corrected chi connectivity index (χ2v) is 7.50. The van der Waals surface area contributed by atoms with Crippen molar-refractivity contribution in [2.75, 3.05) is 4.72 Å². The first-order valence-electron chi connectivity index (χ1n) is 7.39. The summed E-state index contributed by atoms with van der Waals surface area (Å²) in [5.41, 5.74) is 0.736. The average molecular weight is 393 g/mol. The van der Waals surface area contributed by atoms with Crippen LogP contribution in [0, 0.1) is 10.1 Å². The molecule has 134 valence electrons. The van der Waals surface area contributed by atoms with E-state index in [4.69, 9.17) is 11.6 Å². The van der Waals surface area contributed by atoms with E-state index in [1.807, 2.05) is 12.1 Å². The summed E-state index contributed by atoms with van der Waals surface area (Å²) in [6, 6.07) is 13.4. The second-order valence-electron chi connectivity index (χ2n) is 5.38. The van der Waals surface area contributed by atoms with Crippen molar-refractivity contribution in [3.8, 4) is 0 Å². The van der Waals surface area contributed by atoms with E-state index in [1.54, 1.807) is 23.0 Å². The Kier molecular flexibility index (Phi) is 4.92. The predicted octanol–water partition coefficient (Wildman–Crippen LogP) is 3.29. The first-order valence-corrected chi connectivity index (χ1v) is 9.25. The zero-order valence-electron chi connectivity index (χ0n) is 13.2. The fraction of sp³-hybridized carbons (Fsp3) is 0.0625. The third-order valence-corrected chi connectivity index (χ3v) is 5.08. The van der Waals surface area contributed by atoms with Gasteiger partial charge < -0.3 is 0 Å². The van der Waals surface area contributed by atoms with Gasteiger partial charge >= 0.3 is 0 Å². The Bertz CT molecular complexity index is 1050. The Morgan fingerprint density at radius 1 is 1.15 bits per heavy atom. The quantitative estimate of drug-likeness (QED) is 0.511. The molecule has 1 heterocycles. The van der Waals surface area contributed by atoms with Crippen molar-refractivity contribution in [3.05, 3.63) is 81.5 Å². The normalized spacial score (nSPS) is 11.3. The van der Waals surface area contributed by atoms with E-state index in [-0.39, 0.29) is 16.4 Å². The fourth-order valence-corrected chi connectivity index (χ4v) is 3.48. The van der Waals surface area contributed by atoms with Gasteiger partial charge in [0.25, 0.3) is 15.7 Å². The van der Waals surface area contributed by atoms with Gasteiger partial charge in [0.15, 0.2) is 5.82 Å². The van der Waals surface area contributed by atoms with Crippen LogP contribution in [0.5, 0.6) is 0 Å². The molecule has 3 aromatic rings. The Hall–Kier alpha value is -2.91. The number of aromatic nitrogens is 2. The lowest BCUT2D eigenvalue weighted by Gasteiger charge is -2.05. The highest BCUT2D eigenvalue weighted by Crippen LogP contribution is 2.19. The molecule has 0 spiro atoms. The number of non-ortho nitro benzene ring substituents is 1. The highest BCUT2D eigenvalue weighted by molar-refractivity contribution is 7.92. The molecule has 0 saturated heterocycles. The molecule has 8 nitrogen and oxygen atoms in total. The summed E-state index contributed by atoms with van der Waals surface area (Å²) in [6.07, 6.45) is 1.63. The molecule has 2 aromatic carbocycles. The maximum absolute atomic E-state index is 12.3. The van der Waals surface area contributed by atoms with Gasteiger partial charge in [-0.25, -0.2) is 8.42 Å². The van der Waals surface area contributed by atoms with Crippen LogP contribution in [0.3, 0.4) is 0 Å². The van der Waals surface area contributed by atoms with Crippen LogP contribution in [0.25, 0.3) is 0 Å². The number of anilines is 1. The molecule has 0 aliphatic rings. The number of hydrogen-bond acceptors (Lipinski definition) is 5. The highest BCUT2D eigenvalue weighted by Gasteiger charge is 2.17. The number of rotatable bonds is 6. The molecule has 0 radical (unpaired) electrons. The molecule has 10 heteroatoms. The van der Waals surface area contributed by atoms with Crippen LogP contribution in [0.2, 0.25) is 5.02 Å². The van der Waals surface area contributed by atoms with E-state index in [9.17, 15) is 18.5 Å². The zero-order chi connectivity index (χ0) is 18.7. The van der Waals surface area contributed by atoms with Crippen molar-refractivity contribution in [1.82, 2.24) is 9.78 Å². The smallest absolute Gasteiger partial charge is 0.266 e. The molecule has 1 aromatic heterocycles. The van der Waals surface area contributed by atoms with Crippen molar-refractivity contribution < 1.29 is 13.3 Å². The summed E-state index contributed by atoms with van der Waals surface area (Å²) >= 11 is 5.94. The van der Waals surface area contributed by atoms with Crippen LogP contribution in [0.15, 0.2) is 65.7 Å². The molecular weight excluding hydrogens is 380 g/mol. The van der Waals surface area contributed by atoms with Crippen LogP contribution in [-0.4, -0.2) is 23.1 Å². The summed E-state index contributed by atoms with van der Waals surface area (Å²) in [7, 11) is -3.89. The van der Waals surface area contributed by atoms with E-state index in [0.717, 1.165) is 17.7 Å². The lowest BCUT2D eigenvalue weighted by Crippen LogP contribution is -2.13. The molecule has 3 rings (SSSR count). The molecule has 26 heavy (non-hydrogen) atoms. The Morgan fingerprint density at radius 3 is 2.54 bits per heavy atom. The van der Waals surface area contributed by atoms with Crippen molar-refractivity contribution in [2.24, 2.45) is 0 Å². The Morgan fingerprint density at radius 2 is 1.88 bits per heavy atom. The fourth-order valence-electron chi connectivity index (χ4n) is 2.27. The number of hydrogen-bond donors (Lipinski definition) is 1. The minimum atomic E-state index is -3.89. The minimum Gasteiger partial charge on any atom is -0.266 e. The monoisotopic (exact) mass is 392 g/mol. The maximum atomic E-state index is 12.3. The molecule has 1 N–H and O–H groups in total. The third kappa shape index (κ3) is 4.19. The van der Waals surface area contributed by atoms with E-state index in [1.165, 1.54) is 18.2 Å². The minimum absolute atomic E-state index is 0.0903. The average Bonchev–Trinajstić information content (AvgIpc) is 3.01. The maximum Gasteiger partial charge on any atom is 0.269 e. The van der Waals surface area contributed by atoms with Gasteiger partial charge in [-0.3, -0.25) is 19.5 Å². The largest absolute Gasteiger partial charge is 0.269 e. The summed E-state index contributed by atoms with van der Waals surface area (Å²) < 4.78 is 28.6. The summed E-state index contributed by atoms with van der Waals surface area (Å²) in [5.74, 6) is 0.144. The molecule has 0 saturated carbocycles. The number of nitrogens with zero attached hydrogens (tertiary/aromatic N) is 3. The number of nitrogens with one attached hydrogen (secondary N) is 1. The van der Waals surface area contributed by atoms with Gasteiger partial charge in [-0.05, 0) is 29.8 Å². The summed E-state index contributed by atoms with van der Waals surface area (Å²) in [5, 5.41) is 15.4. The number of nitro groups is 1. The first-order chi connectivity index (χ1) is 12.3. The molecular formula is C16H13ClN4O4S. The molecule has 0 atom stereocenters. The van der Waals surface area contributed by atoms with Crippen LogP contribution in [-0.2, 0) is 16.6 Å². The van der Waals surface area contributed by atoms with Crippen molar-refractivity contribution in [2.45, 2.75) is 11.4 Å². The van der Waals surface area contributed by atoms with Gasteiger partial charge in [0, 0.05) is 29.4 Å². The zero-order valence-corrected chi connectivity index (χ0v) is 14.8. The standard InChI is InChI=1S/C16H13ClN4O4S/c17-13-3-1-2-12(10-13)11-20-9-8-16(18-20)19-26(24,25)15-6-4-14(5-7-15)21(22)23/h1-10H,11H2,(H,18,19). The van der Waals surface area contributed by atoms with E-state index in [0.29, 0.717) is 11.6 Å². The SMILES string of the molecule is O=[N+]([O-])c1ccc(S(=O)(=O)Nc2ccn(Cc3cccc(Cl)c3)n2)cc1. The van der Waals surface area contributed by atoms with Crippen LogP contribution >= 0.6 is 11.6 Å². The number of benzene rings is 2. The molecule has 0 bridgehead atoms. The highest BCUT2D eigenvalue weighted by atomic mass is 35.5. The van der Waals surface area contributed by atoms with E-state index < -0.39 is 14.9 Å². The van der Waals surface area contributed by atoms with Crippen molar-refractivity contribution in [3.63, 3.8) is 0 Å². The van der Waals surface area contributed by atoms with Gasteiger partial charge in [0.1, 0.15) is 0 Å². The molecule has 0 fully saturated rings. The molecule has 0 aliphatic heterocycles. The number of nitro benzene ring substituents is 1. The van der Waals surface area contributed by atoms with Gasteiger partial charge in [0.2, 0.25) is 0 Å². The Balaban J connectivity index is 1.74. The van der Waals surface area contributed by atoms with Crippen molar-refractivity contribution in [1.29, 1.82) is 0 Å². The second kappa shape index (κ2) is 7.14. The lowest BCUT2D eigenvalue weighted by atomic mass is 10.2. The van der Waals surface area contributed by atoms with Gasteiger partial charge in [-0.15, -0.1) is 0 Å². The predicted molar refractivity (Wildman–Crippen MR) is 96.7 cm³/mol. The van der Waals surface area contributed by atoms with E-state index in [2.05, 4.69) is 9.82 Å². The van der Waals surface area contributed by atoms with Gasteiger partial charge in [-0.1, -0.05) is 23.7 Å². The number of sulfonamides is 1. The van der Waals surface area contributed by atoms with Crippen LogP contribution in [0.1, 0.15) is 5.56 Å². The van der Waals surface area contributed by atoms with Crippen LogP contribution in [0.4, 0.5) is 11.5 Å². The summed E-state index contributed by atoms with van der Waals surface area (Å²) in [6.45, 7) is 0.430. The van der Waals surface area contributed by atoms with E-state index >= 15 is 0 Å². The van der Waals surface area contributed by atoms with Crippen LogP contribution < -0.4 is 4.72 Å². The van der Waals surface area contributed by atoms with Gasteiger partial charge in [0.05, 0.1) is 16.4 Å². The molecule has 0 unspecified atom stereocenters. The molecule has 0 amide bonds. The first kappa shape index (κ1) is 17.9. The third-order valence-electron chi connectivity index (χ3n) is 3.47. The summed E-state index contributed by atoms with van der Waals surface area (Å²) in [4.78, 5) is 9.96. The number of halogens is 1. The van der Waals surface area contributed by atoms with Crippen molar-refractivity contribution >= 4 is 33.1 Å². The topological polar surface area (TPSA) is 107 Å².